The normalized spacial score (nSPS) is 17.5. The summed E-state index contributed by atoms with van der Waals surface area (Å²) in [6.45, 7) is 0.709. The number of carbonyl (C=O) groups excluding carboxylic acids is 1. The standard InChI is InChI=1S/C13H13NO3/c1-16-7-12(15)10-3-2-9(4-5-14)6-11(10)13-8-17-13/h2-3,6,13H,4,7-8H2,1H3. The summed E-state index contributed by atoms with van der Waals surface area (Å²) in [6, 6.07) is 7.53. The minimum absolute atomic E-state index is 0.00412. The third-order valence-corrected chi connectivity index (χ3v) is 2.66. The number of ketones is 1. The first-order valence-electron chi connectivity index (χ1n) is 5.39. The van der Waals surface area contributed by atoms with Gasteiger partial charge in [0, 0.05) is 12.7 Å². The largest absolute Gasteiger partial charge is 0.377 e. The lowest BCUT2D eigenvalue weighted by Gasteiger charge is -2.07. The highest BCUT2D eigenvalue weighted by molar-refractivity contribution is 5.98. The van der Waals surface area contributed by atoms with Crippen molar-refractivity contribution in [3.05, 3.63) is 34.9 Å². The molecule has 0 aliphatic carbocycles. The number of nitrogens with zero attached hydrogens (tertiary/aromatic N) is 1. The SMILES string of the molecule is COCC(=O)c1ccc(CC#N)cc1C1CO1. The second-order valence-corrected chi connectivity index (χ2v) is 3.93. The van der Waals surface area contributed by atoms with Crippen LogP contribution in [-0.2, 0) is 15.9 Å². The van der Waals surface area contributed by atoms with Gasteiger partial charge in [-0.25, -0.2) is 0 Å². The third-order valence-electron chi connectivity index (χ3n) is 2.66. The fraction of sp³-hybridized carbons (Fsp3) is 0.385. The van der Waals surface area contributed by atoms with Crippen molar-refractivity contribution in [3.63, 3.8) is 0 Å². The van der Waals surface area contributed by atoms with E-state index in [1.54, 1.807) is 12.1 Å². The number of Topliss-reactive ketones (excluding diaryl/α,β-unsaturated/α-hetero) is 1. The number of methoxy groups -OCH3 is 1. The summed E-state index contributed by atoms with van der Waals surface area (Å²) in [5.74, 6) is -0.0542. The molecule has 17 heavy (non-hydrogen) atoms. The summed E-state index contributed by atoms with van der Waals surface area (Å²) < 4.78 is 10.1. The molecule has 0 radical (unpaired) electrons. The average molecular weight is 231 g/mol. The maximum absolute atomic E-state index is 11.8. The van der Waals surface area contributed by atoms with Crippen LogP contribution in [0, 0.1) is 11.3 Å². The van der Waals surface area contributed by atoms with Crippen LogP contribution in [0.15, 0.2) is 18.2 Å². The quantitative estimate of drug-likeness (QED) is 0.571. The minimum Gasteiger partial charge on any atom is -0.377 e. The van der Waals surface area contributed by atoms with Gasteiger partial charge in [0.25, 0.3) is 0 Å². The number of hydrogen-bond donors (Lipinski definition) is 0. The van der Waals surface area contributed by atoms with Crippen molar-refractivity contribution in [2.24, 2.45) is 0 Å². The maximum Gasteiger partial charge on any atom is 0.188 e. The van der Waals surface area contributed by atoms with E-state index in [-0.39, 0.29) is 18.5 Å². The zero-order chi connectivity index (χ0) is 12.3. The van der Waals surface area contributed by atoms with E-state index in [9.17, 15) is 4.79 Å². The number of nitriles is 1. The van der Waals surface area contributed by atoms with Crippen LogP contribution in [0.4, 0.5) is 0 Å². The molecule has 1 atom stereocenters. The summed E-state index contributed by atoms with van der Waals surface area (Å²) >= 11 is 0. The molecule has 0 aromatic heterocycles. The molecular weight excluding hydrogens is 218 g/mol. The first kappa shape index (κ1) is 11.8. The van der Waals surface area contributed by atoms with Crippen LogP contribution in [0.2, 0.25) is 0 Å². The Morgan fingerprint density at radius 3 is 3.00 bits per heavy atom. The monoisotopic (exact) mass is 231 g/mol. The smallest absolute Gasteiger partial charge is 0.188 e. The molecule has 0 amide bonds. The number of rotatable bonds is 5. The summed E-state index contributed by atoms with van der Waals surface area (Å²) in [5.41, 5.74) is 2.42. The number of ether oxygens (including phenoxy) is 2. The van der Waals surface area contributed by atoms with E-state index in [0.717, 1.165) is 11.1 Å². The van der Waals surface area contributed by atoms with E-state index in [2.05, 4.69) is 6.07 Å². The molecule has 0 spiro atoms. The van der Waals surface area contributed by atoms with Gasteiger partial charge in [-0.1, -0.05) is 18.2 Å². The molecule has 1 unspecified atom stereocenters. The Morgan fingerprint density at radius 1 is 1.65 bits per heavy atom. The van der Waals surface area contributed by atoms with Crippen molar-refractivity contribution in [3.8, 4) is 6.07 Å². The Kier molecular flexibility index (Phi) is 3.52. The highest BCUT2D eigenvalue weighted by Gasteiger charge is 2.29. The maximum atomic E-state index is 11.8. The first-order valence-corrected chi connectivity index (χ1v) is 5.39. The van der Waals surface area contributed by atoms with E-state index in [0.29, 0.717) is 18.6 Å². The van der Waals surface area contributed by atoms with Crippen LogP contribution < -0.4 is 0 Å². The van der Waals surface area contributed by atoms with Gasteiger partial charge in [-0.2, -0.15) is 5.26 Å². The zero-order valence-electron chi connectivity index (χ0n) is 9.60. The Balaban J connectivity index is 2.31. The van der Waals surface area contributed by atoms with Gasteiger partial charge in [-0.05, 0) is 11.1 Å². The van der Waals surface area contributed by atoms with Gasteiger partial charge in [0.15, 0.2) is 5.78 Å². The highest BCUT2D eigenvalue weighted by Crippen LogP contribution is 2.33. The molecule has 0 N–H and O–H groups in total. The second kappa shape index (κ2) is 5.09. The van der Waals surface area contributed by atoms with Crippen LogP contribution >= 0.6 is 0 Å². The molecule has 0 bridgehead atoms. The summed E-state index contributed by atoms with van der Waals surface area (Å²) in [6.07, 6.45) is 0.350. The molecule has 1 aliphatic heterocycles. The average Bonchev–Trinajstić information content (AvgIpc) is 3.13. The van der Waals surface area contributed by atoms with Crippen molar-refractivity contribution < 1.29 is 14.3 Å². The fourth-order valence-electron chi connectivity index (χ4n) is 1.77. The molecule has 1 fully saturated rings. The third kappa shape index (κ3) is 2.70. The Labute approximate surface area is 99.8 Å². The minimum atomic E-state index is -0.0542. The van der Waals surface area contributed by atoms with E-state index in [1.807, 2.05) is 6.07 Å². The van der Waals surface area contributed by atoms with Crippen molar-refractivity contribution in [2.75, 3.05) is 20.3 Å². The van der Waals surface area contributed by atoms with Gasteiger partial charge in [0.05, 0.1) is 19.1 Å². The van der Waals surface area contributed by atoms with Gasteiger partial charge in [0.2, 0.25) is 0 Å². The molecule has 1 aromatic rings. The summed E-state index contributed by atoms with van der Waals surface area (Å²) in [4.78, 5) is 11.8. The van der Waals surface area contributed by atoms with Crippen LogP contribution in [-0.4, -0.2) is 26.1 Å². The van der Waals surface area contributed by atoms with E-state index in [4.69, 9.17) is 14.7 Å². The topological polar surface area (TPSA) is 62.6 Å². The van der Waals surface area contributed by atoms with Crippen LogP contribution in [0.25, 0.3) is 0 Å². The van der Waals surface area contributed by atoms with Gasteiger partial charge in [-0.3, -0.25) is 4.79 Å². The predicted octanol–water partition coefficient (Wildman–Crippen LogP) is 1.65. The predicted molar refractivity (Wildman–Crippen MR) is 60.7 cm³/mol. The van der Waals surface area contributed by atoms with Crippen molar-refractivity contribution in [1.29, 1.82) is 5.26 Å². The van der Waals surface area contributed by atoms with Gasteiger partial charge < -0.3 is 9.47 Å². The van der Waals surface area contributed by atoms with Crippen molar-refractivity contribution in [2.45, 2.75) is 12.5 Å². The van der Waals surface area contributed by atoms with E-state index >= 15 is 0 Å². The van der Waals surface area contributed by atoms with E-state index in [1.165, 1.54) is 7.11 Å². The van der Waals surface area contributed by atoms with Gasteiger partial charge >= 0.3 is 0 Å². The van der Waals surface area contributed by atoms with Gasteiger partial charge in [0.1, 0.15) is 12.7 Å². The molecule has 88 valence electrons. The molecule has 1 aromatic carbocycles. The zero-order valence-corrected chi connectivity index (χ0v) is 9.60. The summed E-state index contributed by atoms with van der Waals surface area (Å²) in [7, 11) is 1.50. The molecule has 0 saturated carbocycles. The van der Waals surface area contributed by atoms with Crippen LogP contribution in [0.1, 0.15) is 27.6 Å². The van der Waals surface area contributed by atoms with Crippen LogP contribution in [0.3, 0.4) is 0 Å². The molecule has 4 nitrogen and oxygen atoms in total. The van der Waals surface area contributed by atoms with Crippen molar-refractivity contribution >= 4 is 5.78 Å². The lowest BCUT2D eigenvalue weighted by atomic mass is 9.97. The van der Waals surface area contributed by atoms with Crippen molar-refractivity contribution in [1.82, 2.24) is 0 Å². The number of epoxide rings is 1. The molecule has 1 saturated heterocycles. The molecular formula is C13H13NO3. The number of hydrogen-bond acceptors (Lipinski definition) is 4. The molecule has 1 heterocycles. The lowest BCUT2D eigenvalue weighted by Crippen LogP contribution is -2.10. The van der Waals surface area contributed by atoms with Crippen LogP contribution in [0.5, 0.6) is 0 Å². The second-order valence-electron chi connectivity index (χ2n) is 3.93. The van der Waals surface area contributed by atoms with E-state index < -0.39 is 0 Å². The Bertz CT molecular complexity index is 472. The number of carbonyl (C=O) groups is 1. The molecule has 4 heteroatoms. The first-order chi connectivity index (χ1) is 8.26. The summed E-state index contributed by atoms with van der Waals surface area (Å²) in [5, 5.41) is 8.66. The molecule has 1 aliphatic rings. The Hall–Kier alpha value is -1.70. The lowest BCUT2D eigenvalue weighted by molar-refractivity contribution is 0.0846. The van der Waals surface area contributed by atoms with Gasteiger partial charge in [-0.15, -0.1) is 0 Å². The fourth-order valence-corrected chi connectivity index (χ4v) is 1.77. The number of benzene rings is 1. The highest BCUT2D eigenvalue weighted by atomic mass is 16.6. The Morgan fingerprint density at radius 2 is 2.41 bits per heavy atom. The molecule has 2 rings (SSSR count).